The maximum atomic E-state index is 5.66. The molecule has 1 rings (SSSR count). The Hall–Kier alpha value is -0.670. The van der Waals surface area contributed by atoms with E-state index in [-0.39, 0.29) is 0 Å². The van der Waals surface area contributed by atoms with E-state index in [9.17, 15) is 0 Å². The molecule has 84 valence electrons. The van der Waals surface area contributed by atoms with Crippen molar-refractivity contribution in [2.45, 2.75) is 39.7 Å². The minimum Gasteiger partial charge on any atom is -0.326 e. The number of aliphatic imine (C=N–C) groups is 1. The van der Waals surface area contributed by atoms with Crippen molar-refractivity contribution in [3.63, 3.8) is 0 Å². The van der Waals surface area contributed by atoms with Crippen LogP contribution in [0.2, 0.25) is 0 Å². The van der Waals surface area contributed by atoms with Crippen LogP contribution in [0.4, 0.5) is 0 Å². The van der Waals surface area contributed by atoms with E-state index in [0.717, 1.165) is 13.0 Å². The molecule has 0 aliphatic carbocycles. The highest BCUT2D eigenvalue weighted by Gasteiger charge is 2.05. The molecule has 1 aromatic rings. The predicted octanol–water partition coefficient (Wildman–Crippen LogP) is 2.99. The van der Waals surface area contributed by atoms with Crippen molar-refractivity contribution in [1.29, 1.82) is 0 Å². The molecule has 1 aromatic heterocycles. The molecule has 0 fully saturated rings. The molecular formula is C12H20N2S. The topological polar surface area (TPSA) is 38.4 Å². The number of rotatable bonds is 6. The quantitative estimate of drug-likeness (QED) is 0.741. The summed E-state index contributed by atoms with van der Waals surface area (Å²) in [6.07, 6.45) is 5.62. The molecule has 2 N–H and O–H groups in total. The average molecular weight is 224 g/mol. The van der Waals surface area contributed by atoms with Gasteiger partial charge in [-0.1, -0.05) is 13.3 Å². The van der Waals surface area contributed by atoms with Crippen molar-refractivity contribution in [2.24, 2.45) is 10.7 Å². The van der Waals surface area contributed by atoms with Crippen LogP contribution in [-0.4, -0.2) is 12.8 Å². The lowest BCUT2D eigenvalue weighted by Gasteiger charge is -1.96. The Labute approximate surface area is 96.2 Å². The normalized spacial score (nSPS) is 11.4. The standard InChI is InChI=1S/C12H20N2S/c1-3-5-6-10-7-11(8-13)15-12(10)9-14-4-2/h7,9H,3-6,8,13H2,1-2H3. The van der Waals surface area contributed by atoms with E-state index in [4.69, 9.17) is 5.73 Å². The zero-order valence-corrected chi connectivity index (χ0v) is 10.4. The molecule has 0 spiro atoms. The molecular weight excluding hydrogens is 204 g/mol. The second kappa shape index (κ2) is 6.75. The number of unbranched alkanes of at least 4 members (excludes halogenated alkanes) is 1. The van der Waals surface area contributed by atoms with Gasteiger partial charge in [0.2, 0.25) is 0 Å². The minimum atomic E-state index is 0.643. The van der Waals surface area contributed by atoms with Crippen LogP contribution in [0.25, 0.3) is 0 Å². The summed E-state index contributed by atoms with van der Waals surface area (Å²) < 4.78 is 0. The number of hydrogen-bond donors (Lipinski definition) is 1. The number of thiophene rings is 1. The molecule has 2 nitrogen and oxygen atoms in total. The van der Waals surface area contributed by atoms with Crippen molar-refractivity contribution < 1.29 is 0 Å². The molecule has 0 aliphatic rings. The smallest absolute Gasteiger partial charge is 0.0484 e. The first-order valence-electron chi connectivity index (χ1n) is 5.63. The van der Waals surface area contributed by atoms with Gasteiger partial charge in [-0.05, 0) is 31.4 Å². The van der Waals surface area contributed by atoms with Gasteiger partial charge in [0.15, 0.2) is 0 Å². The summed E-state index contributed by atoms with van der Waals surface area (Å²) in [5.74, 6) is 0. The van der Waals surface area contributed by atoms with Gasteiger partial charge < -0.3 is 5.73 Å². The highest BCUT2D eigenvalue weighted by Crippen LogP contribution is 2.22. The van der Waals surface area contributed by atoms with Crippen molar-refractivity contribution in [2.75, 3.05) is 6.54 Å². The molecule has 3 heteroatoms. The van der Waals surface area contributed by atoms with Crippen LogP contribution in [0, 0.1) is 0 Å². The van der Waals surface area contributed by atoms with Crippen LogP contribution < -0.4 is 5.73 Å². The third-order valence-corrected chi connectivity index (χ3v) is 3.42. The molecule has 15 heavy (non-hydrogen) atoms. The third kappa shape index (κ3) is 3.76. The van der Waals surface area contributed by atoms with E-state index in [1.807, 2.05) is 6.21 Å². The summed E-state index contributed by atoms with van der Waals surface area (Å²) in [5.41, 5.74) is 7.07. The Balaban J connectivity index is 2.80. The fourth-order valence-corrected chi connectivity index (χ4v) is 2.43. The van der Waals surface area contributed by atoms with E-state index < -0.39 is 0 Å². The monoisotopic (exact) mass is 224 g/mol. The molecule has 0 radical (unpaired) electrons. The van der Waals surface area contributed by atoms with Gasteiger partial charge in [-0.15, -0.1) is 11.3 Å². The van der Waals surface area contributed by atoms with Gasteiger partial charge in [0.1, 0.15) is 0 Å². The van der Waals surface area contributed by atoms with Gasteiger partial charge in [0.05, 0.1) is 0 Å². The van der Waals surface area contributed by atoms with Gasteiger partial charge in [-0.2, -0.15) is 0 Å². The lowest BCUT2D eigenvalue weighted by atomic mass is 10.1. The van der Waals surface area contributed by atoms with Crippen molar-refractivity contribution in [3.05, 3.63) is 21.4 Å². The summed E-state index contributed by atoms with van der Waals surface area (Å²) in [7, 11) is 0. The Kier molecular flexibility index (Phi) is 5.58. The molecule has 0 atom stereocenters. The fraction of sp³-hybridized carbons (Fsp3) is 0.583. The maximum absolute atomic E-state index is 5.66. The van der Waals surface area contributed by atoms with E-state index in [0.29, 0.717) is 6.54 Å². The van der Waals surface area contributed by atoms with Crippen molar-refractivity contribution in [3.8, 4) is 0 Å². The fourth-order valence-electron chi connectivity index (χ4n) is 1.45. The Morgan fingerprint density at radius 3 is 2.87 bits per heavy atom. The van der Waals surface area contributed by atoms with Crippen LogP contribution in [0.3, 0.4) is 0 Å². The first-order valence-corrected chi connectivity index (χ1v) is 6.44. The minimum absolute atomic E-state index is 0.643. The summed E-state index contributed by atoms with van der Waals surface area (Å²) in [6, 6.07) is 2.23. The second-order valence-electron chi connectivity index (χ2n) is 3.54. The van der Waals surface area contributed by atoms with Crippen LogP contribution in [0.5, 0.6) is 0 Å². The van der Waals surface area contributed by atoms with Crippen LogP contribution in [-0.2, 0) is 13.0 Å². The molecule has 0 saturated heterocycles. The first-order chi connectivity index (χ1) is 7.31. The Morgan fingerprint density at radius 1 is 1.47 bits per heavy atom. The Bertz CT molecular complexity index is 315. The zero-order chi connectivity index (χ0) is 11.1. The van der Waals surface area contributed by atoms with Crippen molar-refractivity contribution >= 4 is 17.6 Å². The average Bonchev–Trinajstić information content (AvgIpc) is 2.66. The second-order valence-corrected chi connectivity index (χ2v) is 4.71. The molecule has 0 aliphatic heterocycles. The number of nitrogens with zero attached hydrogens (tertiary/aromatic N) is 1. The molecule has 1 heterocycles. The number of hydrogen-bond acceptors (Lipinski definition) is 3. The van der Waals surface area contributed by atoms with Gasteiger partial charge >= 0.3 is 0 Å². The van der Waals surface area contributed by atoms with Crippen LogP contribution >= 0.6 is 11.3 Å². The molecule has 0 bridgehead atoms. The zero-order valence-electron chi connectivity index (χ0n) is 9.62. The molecule has 0 amide bonds. The Morgan fingerprint density at radius 2 is 2.27 bits per heavy atom. The lowest BCUT2D eigenvalue weighted by molar-refractivity contribution is 0.796. The SMILES string of the molecule is CCCCc1cc(CN)sc1C=NCC. The highest BCUT2D eigenvalue weighted by atomic mass is 32.1. The molecule has 0 unspecified atom stereocenters. The van der Waals surface area contributed by atoms with E-state index >= 15 is 0 Å². The largest absolute Gasteiger partial charge is 0.326 e. The highest BCUT2D eigenvalue weighted by molar-refractivity contribution is 7.13. The van der Waals surface area contributed by atoms with Gasteiger partial charge in [-0.25, -0.2) is 0 Å². The summed E-state index contributed by atoms with van der Waals surface area (Å²) in [5, 5.41) is 0. The lowest BCUT2D eigenvalue weighted by Crippen LogP contribution is -1.91. The third-order valence-electron chi connectivity index (χ3n) is 2.28. The van der Waals surface area contributed by atoms with Gasteiger partial charge in [-0.3, -0.25) is 4.99 Å². The van der Waals surface area contributed by atoms with Gasteiger partial charge in [0, 0.05) is 29.1 Å². The maximum Gasteiger partial charge on any atom is 0.0484 e. The predicted molar refractivity (Wildman–Crippen MR) is 69.0 cm³/mol. The first kappa shape index (κ1) is 12.4. The van der Waals surface area contributed by atoms with E-state index in [1.165, 1.54) is 28.2 Å². The molecule has 0 aromatic carbocycles. The van der Waals surface area contributed by atoms with E-state index in [1.54, 1.807) is 11.3 Å². The van der Waals surface area contributed by atoms with Crippen molar-refractivity contribution in [1.82, 2.24) is 0 Å². The van der Waals surface area contributed by atoms with E-state index in [2.05, 4.69) is 24.9 Å². The summed E-state index contributed by atoms with van der Waals surface area (Å²) in [6.45, 7) is 5.77. The number of aryl methyl sites for hydroxylation is 1. The summed E-state index contributed by atoms with van der Waals surface area (Å²) >= 11 is 1.78. The van der Waals surface area contributed by atoms with Crippen LogP contribution in [0.15, 0.2) is 11.1 Å². The molecule has 0 saturated carbocycles. The van der Waals surface area contributed by atoms with Crippen LogP contribution in [0.1, 0.15) is 42.0 Å². The number of nitrogens with two attached hydrogens (primary N) is 1. The summed E-state index contributed by atoms with van der Waals surface area (Å²) in [4.78, 5) is 6.86. The van der Waals surface area contributed by atoms with Gasteiger partial charge in [0.25, 0.3) is 0 Å².